The van der Waals surface area contributed by atoms with Gasteiger partial charge in [0.25, 0.3) is 0 Å². The zero-order valence-electron chi connectivity index (χ0n) is 8.18. The Labute approximate surface area is 81.3 Å². The molecule has 74 valence electrons. The van der Waals surface area contributed by atoms with E-state index in [0.29, 0.717) is 11.7 Å². The zero-order chi connectivity index (χ0) is 9.97. The normalized spacial score (nSPS) is 13.3. The highest BCUT2D eigenvalue weighted by molar-refractivity contribution is 5.32. The van der Waals surface area contributed by atoms with Crippen LogP contribution in [0.1, 0.15) is 12.6 Å². The van der Waals surface area contributed by atoms with Gasteiger partial charge in [0.1, 0.15) is 0 Å². The predicted molar refractivity (Wildman–Crippen MR) is 50.8 cm³/mol. The summed E-state index contributed by atoms with van der Waals surface area (Å²) in [5.74, 6) is 0. The summed E-state index contributed by atoms with van der Waals surface area (Å²) in [7, 11) is 1.93. The average molecular weight is 192 g/mol. The van der Waals surface area contributed by atoms with Crippen LogP contribution < -0.4 is 5.32 Å². The molecule has 0 bridgehead atoms. The van der Waals surface area contributed by atoms with Crippen molar-refractivity contribution in [3.8, 4) is 0 Å². The molecule has 0 aromatic carbocycles. The average Bonchev–Trinajstić information content (AvgIpc) is 2.66. The highest BCUT2D eigenvalue weighted by Gasteiger charge is 2.06. The molecular weight excluding hydrogens is 180 g/mol. The first-order valence-corrected chi connectivity index (χ1v) is 4.49. The molecule has 6 nitrogen and oxygen atoms in total. The van der Waals surface area contributed by atoms with Gasteiger partial charge in [-0.25, -0.2) is 0 Å². The molecule has 0 spiro atoms. The molecule has 1 unspecified atom stereocenters. The Morgan fingerprint density at radius 1 is 1.50 bits per heavy atom. The van der Waals surface area contributed by atoms with Crippen molar-refractivity contribution >= 4 is 5.65 Å². The van der Waals surface area contributed by atoms with Gasteiger partial charge in [-0.05, 0) is 24.4 Å². The Kier molecular flexibility index (Phi) is 2.36. The number of hydrogen-bond donors (Lipinski definition) is 1. The quantitative estimate of drug-likeness (QED) is 0.721. The van der Waals surface area contributed by atoms with Gasteiger partial charge in [-0.15, -0.1) is 5.10 Å². The molecule has 14 heavy (non-hydrogen) atoms. The van der Waals surface area contributed by atoms with Gasteiger partial charge >= 0.3 is 0 Å². The number of nitrogens with zero attached hydrogens (tertiary/aromatic N) is 5. The molecule has 2 rings (SSSR count). The van der Waals surface area contributed by atoms with Crippen molar-refractivity contribution in [3.63, 3.8) is 0 Å². The molecule has 0 aliphatic rings. The van der Waals surface area contributed by atoms with Crippen LogP contribution in [0.3, 0.4) is 0 Å². The molecule has 0 aliphatic heterocycles. The van der Waals surface area contributed by atoms with Crippen LogP contribution in [-0.4, -0.2) is 38.1 Å². The van der Waals surface area contributed by atoms with Crippen LogP contribution in [0.15, 0.2) is 12.4 Å². The van der Waals surface area contributed by atoms with Crippen LogP contribution in [0.5, 0.6) is 0 Å². The van der Waals surface area contributed by atoms with Crippen molar-refractivity contribution in [3.05, 3.63) is 18.1 Å². The summed E-state index contributed by atoms with van der Waals surface area (Å²) >= 11 is 0. The lowest BCUT2D eigenvalue weighted by Crippen LogP contribution is -2.24. The van der Waals surface area contributed by atoms with Crippen molar-refractivity contribution in [1.82, 2.24) is 30.3 Å². The lowest BCUT2D eigenvalue weighted by Gasteiger charge is -2.09. The number of tetrazole rings is 1. The van der Waals surface area contributed by atoms with E-state index in [-0.39, 0.29) is 0 Å². The second-order valence-corrected chi connectivity index (χ2v) is 3.24. The molecule has 0 amide bonds. The van der Waals surface area contributed by atoms with Gasteiger partial charge in [-0.3, -0.25) is 4.98 Å². The molecular formula is C8H12N6. The molecule has 0 saturated heterocycles. The van der Waals surface area contributed by atoms with Crippen LogP contribution in [-0.2, 0) is 6.42 Å². The maximum absolute atomic E-state index is 4.08. The number of hydrogen-bond acceptors (Lipinski definition) is 5. The smallest absolute Gasteiger partial charge is 0.197 e. The van der Waals surface area contributed by atoms with Crippen LogP contribution >= 0.6 is 0 Å². The highest BCUT2D eigenvalue weighted by Crippen LogP contribution is 2.02. The molecule has 1 atom stereocenters. The summed E-state index contributed by atoms with van der Waals surface area (Å²) in [5, 5.41) is 14.5. The zero-order valence-corrected chi connectivity index (χ0v) is 8.18. The second kappa shape index (κ2) is 3.67. The predicted octanol–water partition coefficient (Wildman–Crippen LogP) is -0.330. The Morgan fingerprint density at radius 3 is 3.14 bits per heavy atom. The maximum Gasteiger partial charge on any atom is 0.197 e. The van der Waals surface area contributed by atoms with E-state index in [1.165, 1.54) is 0 Å². The maximum atomic E-state index is 4.08. The van der Waals surface area contributed by atoms with Gasteiger partial charge in [0, 0.05) is 18.7 Å². The Bertz CT molecular complexity index is 422. The van der Waals surface area contributed by atoms with E-state index < -0.39 is 0 Å². The molecule has 0 saturated carbocycles. The fourth-order valence-electron chi connectivity index (χ4n) is 1.28. The first-order chi connectivity index (χ1) is 6.81. The number of fused-ring (bicyclic) bond motifs is 1. The molecule has 1 N–H and O–H groups in total. The molecule has 0 fully saturated rings. The second-order valence-electron chi connectivity index (χ2n) is 3.24. The Hall–Kier alpha value is -1.56. The van der Waals surface area contributed by atoms with E-state index in [0.717, 1.165) is 12.1 Å². The highest BCUT2D eigenvalue weighted by atomic mass is 15.5. The SMILES string of the molecule is CNC(C)Cc1cncc2nnnn12. The number of rotatable bonds is 3. The van der Waals surface area contributed by atoms with E-state index >= 15 is 0 Å². The van der Waals surface area contributed by atoms with E-state index in [1.54, 1.807) is 16.9 Å². The fourth-order valence-corrected chi connectivity index (χ4v) is 1.28. The first-order valence-electron chi connectivity index (χ1n) is 4.49. The van der Waals surface area contributed by atoms with Gasteiger partial charge in [0.2, 0.25) is 0 Å². The standard InChI is InChI=1S/C8H12N6/c1-6(9-2)3-7-4-10-5-8-11-12-13-14(7)8/h4-6,9H,3H2,1-2H3. The number of aromatic nitrogens is 5. The van der Waals surface area contributed by atoms with E-state index in [1.807, 2.05) is 7.05 Å². The fraction of sp³-hybridized carbons (Fsp3) is 0.500. The molecule has 2 aromatic heterocycles. The molecule has 0 radical (unpaired) electrons. The third-order valence-corrected chi connectivity index (χ3v) is 2.19. The van der Waals surface area contributed by atoms with E-state index in [4.69, 9.17) is 0 Å². The summed E-state index contributed by atoms with van der Waals surface area (Å²) in [4.78, 5) is 4.08. The van der Waals surface area contributed by atoms with Crippen LogP contribution in [0, 0.1) is 0 Å². The van der Waals surface area contributed by atoms with Crippen LogP contribution in [0.4, 0.5) is 0 Å². The Balaban J connectivity index is 2.36. The minimum absolute atomic E-state index is 0.381. The monoisotopic (exact) mass is 192 g/mol. The van der Waals surface area contributed by atoms with Crippen molar-refractivity contribution in [2.24, 2.45) is 0 Å². The topological polar surface area (TPSA) is 68.0 Å². The number of nitrogens with one attached hydrogen (secondary N) is 1. The third kappa shape index (κ3) is 1.56. The third-order valence-electron chi connectivity index (χ3n) is 2.19. The first kappa shape index (κ1) is 9.01. The molecule has 2 heterocycles. The lowest BCUT2D eigenvalue weighted by atomic mass is 10.2. The van der Waals surface area contributed by atoms with Gasteiger partial charge in [-0.1, -0.05) is 0 Å². The van der Waals surface area contributed by atoms with E-state index in [2.05, 4.69) is 32.7 Å². The molecule has 2 aromatic rings. The van der Waals surface area contributed by atoms with Gasteiger partial charge in [0.15, 0.2) is 5.65 Å². The minimum atomic E-state index is 0.381. The summed E-state index contributed by atoms with van der Waals surface area (Å²) in [5.41, 5.74) is 1.69. The van der Waals surface area contributed by atoms with Crippen molar-refractivity contribution in [2.75, 3.05) is 7.05 Å². The number of likely N-dealkylation sites (N-methyl/N-ethyl adjacent to an activating group) is 1. The van der Waals surface area contributed by atoms with Gasteiger partial charge in [-0.2, -0.15) is 4.52 Å². The largest absolute Gasteiger partial charge is 0.317 e. The molecule has 6 heteroatoms. The Morgan fingerprint density at radius 2 is 2.36 bits per heavy atom. The van der Waals surface area contributed by atoms with Crippen molar-refractivity contribution in [1.29, 1.82) is 0 Å². The van der Waals surface area contributed by atoms with Crippen LogP contribution in [0.25, 0.3) is 5.65 Å². The summed E-state index contributed by atoms with van der Waals surface area (Å²) < 4.78 is 1.71. The van der Waals surface area contributed by atoms with Gasteiger partial charge in [0.05, 0.1) is 11.9 Å². The van der Waals surface area contributed by atoms with Crippen molar-refractivity contribution in [2.45, 2.75) is 19.4 Å². The van der Waals surface area contributed by atoms with Gasteiger partial charge < -0.3 is 5.32 Å². The summed E-state index contributed by atoms with van der Waals surface area (Å²) in [6.45, 7) is 2.10. The summed E-state index contributed by atoms with van der Waals surface area (Å²) in [6, 6.07) is 0.381. The van der Waals surface area contributed by atoms with E-state index in [9.17, 15) is 0 Å². The molecule has 0 aliphatic carbocycles. The lowest BCUT2D eigenvalue weighted by molar-refractivity contribution is 0.586. The summed E-state index contributed by atoms with van der Waals surface area (Å²) in [6.07, 6.45) is 4.29. The van der Waals surface area contributed by atoms with Crippen LogP contribution in [0.2, 0.25) is 0 Å². The minimum Gasteiger partial charge on any atom is -0.317 e. The van der Waals surface area contributed by atoms with Crippen molar-refractivity contribution < 1.29 is 0 Å².